The first-order valence-electron chi connectivity index (χ1n) is 7.52. The van der Waals surface area contributed by atoms with Crippen molar-refractivity contribution in [2.45, 2.75) is 20.0 Å². The standard InChI is InChI=1S/C17H21N3O3S/c1-14-6-5-7-15(10-14)12-20(24(2,22)23)13-17(21)19-11-16-8-3-4-9-18-16/h3-10H,11-13H2,1-2H3,(H,19,21). The molecule has 1 amide bonds. The van der Waals surface area contributed by atoms with Crippen molar-refractivity contribution in [3.05, 3.63) is 65.5 Å². The monoisotopic (exact) mass is 347 g/mol. The van der Waals surface area contributed by atoms with Crippen molar-refractivity contribution in [2.24, 2.45) is 0 Å². The summed E-state index contributed by atoms with van der Waals surface area (Å²) in [4.78, 5) is 16.2. The molecule has 0 saturated carbocycles. The second kappa shape index (κ2) is 8.03. The fourth-order valence-corrected chi connectivity index (χ4v) is 2.95. The summed E-state index contributed by atoms with van der Waals surface area (Å²) in [7, 11) is -3.50. The summed E-state index contributed by atoms with van der Waals surface area (Å²) in [6, 6.07) is 13.0. The Morgan fingerprint density at radius 1 is 1.21 bits per heavy atom. The second-order valence-corrected chi connectivity index (χ2v) is 7.60. The van der Waals surface area contributed by atoms with E-state index in [1.807, 2.05) is 37.3 Å². The number of pyridine rings is 1. The van der Waals surface area contributed by atoms with Crippen LogP contribution in [0.5, 0.6) is 0 Å². The Kier molecular flexibility index (Phi) is 6.05. The van der Waals surface area contributed by atoms with Crippen molar-refractivity contribution >= 4 is 15.9 Å². The molecular weight excluding hydrogens is 326 g/mol. The predicted octanol–water partition coefficient (Wildman–Crippen LogP) is 1.47. The molecule has 1 N–H and O–H groups in total. The van der Waals surface area contributed by atoms with Crippen LogP contribution in [0.25, 0.3) is 0 Å². The van der Waals surface area contributed by atoms with Gasteiger partial charge >= 0.3 is 0 Å². The number of rotatable bonds is 7. The summed E-state index contributed by atoms with van der Waals surface area (Å²) in [6.45, 7) is 2.15. The summed E-state index contributed by atoms with van der Waals surface area (Å²) >= 11 is 0. The van der Waals surface area contributed by atoms with Gasteiger partial charge in [-0.05, 0) is 24.6 Å². The maximum absolute atomic E-state index is 12.1. The molecule has 7 heteroatoms. The van der Waals surface area contributed by atoms with Gasteiger partial charge < -0.3 is 5.32 Å². The number of sulfonamides is 1. The van der Waals surface area contributed by atoms with Crippen LogP contribution >= 0.6 is 0 Å². The van der Waals surface area contributed by atoms with Gasteiger partial charge in [-0.25, -0.2) is 8.42 Å². The lowest BCUT2D eigenvalue weighted by Crippen LogP contribution is -2.39. The predicted molar refractivity (Wildman–Crippen MR) is 92.5 cm³/mol. The Hall–Kier alpha value is -2.25. The van der Waals surface area contributed by atoms with Gasteiger partial charge in [0.2, 0.25) is 15.9 Å². The smallest absolute Gasteiger partial charge is 0.235 e. The zero-order valence-electron chi connectivity index (χ0n) is 13.8. The van der Waals surface area contributed by atoms with Crippen molar-refractivity contribution in [1.82, 2.24) is 14.6 Å². The van der Waals surface area contributed by atoms with Gasteiger partial charge in [-0.2, -0.15) is 4.31 Å². The molecule has 24 heavy (non-hydrogen) atoms. The van der Waals surface area contributed by atoms with Crippen LogP contribution in [0.1, 0.15) is 16.8 Å². The fourth-order valence-electron chi connectivity index (χ4n) is 2.21. The van der Waals surface area contributed by atoms with E-state index in [2.05, 4.69) is 10.3 Å². The minimum absolute atomic E-state index is 0.164. The molecule has 2 aromatic rings. The lowest BCUT2D eigenvalue weighted by molar-refractivity contribution is -0.121. The van der Waals surface area contributed by atoms with Gasteiger partial charge in [0.25, 0.3) is 0 Å². The third-order valence-corrected chi connectivity index (χ3v) is 4.62. The molecule has 6 nitrogen and oxygen atoms in total. The van der Waals surface area contributed by atoms with Crippen molar-refractivity contribution < 1.29 is 13.2 Å². The van der Waals surface area contributed by atoms with E-state index in [-0.39, 0.29) is 25.5 Å². The maximum atomic E-state index is 12.1. The third kappa shape index (κ3) is 5.75. The summed E-state index contributed by atoms with van der Waals surface area (Å²) in [6.07, 6.45) is 2.75. The van der Waals surface area contributed by atoms with Crippen molar-refractivity contribution in [3.63, 3.8) is 0 Å². The molecule has 0 unspecified atom stereocenters. The lowest BCUT2D eigenvalue weighted by atomic mass is 10.1. The van der Waals surface area contributed by atoms with Crippen LogP contribution in [0.15, 0.2) is 48.7 Å². The minimum Gasteiger partial charge on any atom is -0.349 e. The van der Waals surface area contributed by atoms with Crippen molar-refractivity contribution in [3.8, 4) is 0 Å². The fraction of sp³-hybridized carbons (Fsp3) is 0.294. The molecule has 0 bridgehead atoms. The molecule has 0 aliphatic rings. The van der Waals surface area contributed by atoms with E-state index >= 15 is 0 Å². The summed E-state index contributed by atoms with van der Waals surface area (Å²) < 4.78 is 25.1. The SMILES string of the molecule is Cc1cccc(CN(CC(=O)NCc2ccccn2)S(C)(=O)=O)c1. The quantitative estimate of drug-likeness (QED) is 0.822. The largest absolute Gasteiger partial charge is 0.349 e. The van der Waals surface area contributed by atoms with Gasteiger partial charge in [0.15, 0.2) is 0 Å². The molecule has 1 aromatic heterocycles. The van der Waals surface area contributed by atoms with Gasteiger partial charge in [0.05, 0.1) is 25.0 Å². The molecule has 128 valence electrons. The molecule has 0 aliphatic carbocycles. The van der Waals surface area contributed by atoms with E-state index in [0.717, 1.165) is 27.4 Å². The highest BCUT2D eigenvalue weighted by molar-refractivity contribution is 7.88. The highest BCUT2D eigenvalue weighted by Crippen LogP contribution is 2.10. The number of nitrogens with zero attached hydrogens (tertiary/aromatic N) is 2. The average molecular weight is 347 g/mol. The number of carbonyl (C=O) groups is 1. The Balaban J connectivity index is 1.99. The maximum Gasteiger partial charge on any atom is 0.235 e. The van der Waals surface area contributed by atoms with Crippen LogP contribution in [-0.2, 0) is 27.9 Å². The zero-order chi connectivity index (χ0) is 17.6. The molecule has 1 heterocycles. The first-order valence-corrected chi connectivity index (χ1v) is 9.37. The first kappa shape index (κ1) is 18.1. The van der Waals surface area contributed by atoms with E-state index in [9.17, 15) is 13.2 Å². The molecule has 0 radical (unpaired) electrons. The number of hydrogen-bond acceptors (Lipinski definition) is 4. The molecule has 0 aliphatic heterocycles. The highest BCUT2D eigenvalue weighted by atomic mass is 32.2. The number of aryl methyl sites for hydroxylation is 1. The van der Waals surface area contributed by atoms with E-state index in [4.69, 9.17) is 0 Å². The van der Waals surface area contributed by atoms with E-state index in [0.29, 0.717) is 0 Å². The van der Waals surface area contributed by atoms with Gasteiger partial charge in [-0.15, -0.1) is 0 Å². The number of hydrogen-bond donors (Lipinski definition) is 1. The first-order chi connectivity index (χ1) is 11.3. The molecule has 2 rings (SSSR count). The minimum atomic E-state index is -3.50. The lowest BCUT2D eigenvalue weighted by Gasteiger charge is -2.19. The Bertz CT molecular complexity index is 792. The molecule has 0 fully saturated rings. The molecule has 0 saturated heterocycles. The van der Waals surface area contributed by atoms with E-state index < -0.39 is 10.0 Å². The molecule has 0 spiro atoms. The van der Waals surface area contributed by atoms with Gasteiger partial charge in [-0.1, -0.05) is 35.9 Å². The number of aromatic nitrogens is 1. The Morgan fingerprint density at radius 3 is 2.62 bits per heavy atom. The van der Waals surface area contributed by atoms with Crippen LogP contribution in [0, 0.1) is 6.92 Å². The normalized spacial score (nSPS) is 11.5. The third-order valence-electron chi connectivity index (χ3n) is 3.42. The van der Waals surface area contributed by atoms with Crippen LogP contribution in [0.2, 0.25) is 0 Å². The van der Waals surface area contributed by atoms with Crippen molar-refractivity contribution in [2.75, 3.05) is 12.8 Å². The van der Waals surface area contributed by atoms with Gasteiger partial charge in [-0.3, -0.25) is 9.78 Å². The van der Waals surface area contributed by atoms with Crippen molar-refractivity contribution in [1.29, 1.82) is 0 Å². The summed E-state index contributed by atoms with van der Waals surface area (Å²) in [5.41, 5.74) is 2.61. The summed E-state index contributed by atoms with van der Waals surface area (Å²) in [5, 5.41) is 2.69. The average Bonchev–Trinajstić information content (AvgIpc) is 2.52. The number of benzene rings is 1. The number of carbonyl (C=O) groups excluding carboxylic acids is 1. The van der Waals surface area contributed by atoms with Gasteiger partial charge in [0.1, 0.15) is 0 Å². The molecule has 0 atom stereocenters. The Morgan fingerprint density at radius 2 is 2.00 bits per heavy atom. The van der Waals surface area contributed by atoms with Crippen LogP contribution in [-0.4, -0.2) is 36.4 Å². The number of nitrogens with one attached hydrogen (secondary N) is 1. The highest BCUT2D eigenvalue weighted by Gasteiger charge is 2.20. The van der Waals surface area contributed by atoms with Crippen LogP contribution in [0.3, 0.4) is 0 Å². The summed E-state index contributed by atoms with van der Waals surface area (Å²) in [5.74, 6) is -0.362. The Labute approximate surface area is 142 Å². The second-order valence-electron chi connectivity index (χ2n) is 5.62. The van der Waals surface area contributed by atoms with Crippen LogP contribution in [0.4, 0.5) is 0 Å². The molecular formula is C17H21N3O3S. The van der Waals surface area contributed by atoms with Crippen LogP contribution < -0.4 is 5.32 Å². The van der Waals surface area contributed by atoms with Gasteiger partial charge in [0, 0.05) is 12.7 Å². The van der Waals surface area contributed by atoms with E-state index in [1.54, 1.807) is 18.3 Å². The number of amides is 1. The van der Waals surface area contributed by atoms with E-state index in [1.165, 1.54) is 0 Å². The topological polar surface area (TPSA) is 79.4 Å². The molecule has 1 aromatic carbocycles. The zero-order valence-corrected chi connectivity index (χ0v) is 14.6.